The Morgan fingerprint density at radius 2 is 2.29 bits per heavy atom. The minimum Gasteiger partial charge on any atom is -0.497 e. The molecule has 0 spiro atoms. The van der Waals surface area contributed by atoms with Gasteiger partial charge in [0.1, 0.15) is 12.0 Å². The van der Waals surface area contributed by atoms with Gasteiger partial charge in [0.2, 0.25) is 0 Å². The van der Waals surface area contributed by atoms with Crippen LogP contribution in [0.3, 0.4) is 0 Å². The summed E-state index contributed by atoms with van der Waals surface area (Å²) in [6.45, 7) is 0. The topological polar surface area (TPSA) is 89.6 Å². The fraction of sp³-hybridized carbons (Fsp3) is 0.333. The van der Waals surface area contributed by atoms with E-state index in [9.17, 15) is 9.59 Å². The fourth-order valence-electron chi connectivity index (χ4n) is 1.54. The third-order valence-corrected chi connectivity index (χ3v) is 2.49. The van der Waals surface area contributed by atoms with E-state index >= 15 is 0 Å². The summed E-state index contributed by atoms with van der Waals surface area (Å²) in [7, 11) is 1.52. The molecule has 1 aromatic carbocycles. The van der Waals surface area contributed by atoms with Gasteiger partial charge in [-0.15, -0.1) is 0 Å². The maximum atomic E-state index is 10.9. The summed E-state index contributed by atoms with van der Waals surface area (Å²) in [6, 6.07) is 4.45. The van der Waals surface area contributed by atoms with E-state index in [0.29, 0.717) is 23.2 Å². The SMILES string of the molecule is COc1ccc(C=O)c(C(N)CCC(=O)O)c1. The molecule has 0 radical (unpaired) electrons. The number of hydrogen-bond acceptors (Lipinski definition) is 4. The molecule has 5 nitrogen and oxygen atoms in total. The number of carboxylic acid groups (broad SMARTS) is 1. The highest BCUT2D eigenvalue weighted by molar-refractivity contribution is 5.78. The highest BCUT2D eigenvalue weighted by Gasteiger charge is 2.13. The summed E-state index contributed by atoms with van der Waals surface area (Å²) in [5.41, 5.74) is 6.94. The molecule has 0 aliphatic rings. The third kappa shape index (κ3) is 3.57. The van der Waals surface area contributed by atoms with Gasteiger partial charge < -0.3 is 15.6 Å². The Morgan fingerprint density at radius 1 is 1.59 bits per heavy atom. The van der Waals surface area contributed by atoms with Crippen LogP contribution in [0.1, 0.15) is 34.8 Å². The third-order valence-electron chi connectivity index (χ3n) is 2.49. The van der Waals surface area contributed by atoms with E-state index in [0.717, 1.165) is 0 Å². The largest absolute Gasteiger partial charge is 0.497 e. The summed E-state index contributed by atoms with van der Waals surface area (Å²) in [6.07, 6.45) is 0.954. The standard InChI is InChI=1S/C12H15NO4/c1-17-9-3-2-8(7-14)10(6-9)11(13)4-5-12(15)16/h2-3,6-7,11H,4-5,13H2,1H3,(H,15,16). The molecule has 0 aliphatic carbocycles. The number of aldehydes is 1. The van der Waals surface area contributed by atoms with E-state index in [1.807, 2.05) is 0 Å². The van der Waals surface area contributed by atoms with Gasteiger partial charge in [-0.2, -0.15) is 0 Å². The molecule has 1 rings (SSSR count). The number of carbonyl (C=O) groups excluding carboxylic acids is 1. The van der Waals surface area contributed by atoms with Gasteiger partial charge in [0.25, 0.3) is 0 Å². The summed E-state index contributed by atoms with van der Waals surface area (Å²) in [5.74, 6) is -0.313. The smallest absolute Gasteiger partial charge is 0.303 e. The number of hydrogen-bond donors (Lipinski definition) is 2. The van der Waals surface area contributed by atoms with Gasteiger partial charge in [-0.1, -0.05) is 0 Å². The van der Waals surface area contributed by atoms with Crippen molar-refractivity contribution in [3.63, 3.8) is 0 Å². The second kappa shape index (κ2) is 6.00. The van der Waals surface area contributed by atoms with Crippen molar-refractivity contribution in [3.05, 3.63) is 29.3 Å². The molecule has 0 saturated carbocycles. The Labute approximate surface area is 99.2 Å². The zero-order valence-corrected chi connectivity index (χ0v) is 9.55. The minimum absolute atomic E-state index is 0.0311. The molecule has 0 saturated heterocycles. The molecule has 0 bridgehead atoms. The number of carbonyl (C=O) groups is 2. The molecule has 0 heterocycles. The molecule has 1 atom stereocenters. The number of nitrogens with two attached hydrogens (primary N) is 1. The van der Waals surface area contributed by atoms with Crippen molar-refractivity contribution < 1.29 is 19.4 Å². The van der Waals surface area contributed by atoms with Crippen molar-refractivity contribution in [2.75, 3.05) is 7.11 Å². The van der Waals surface area contributed by atoms with Crippen molar-refractivity contribution in [1.82, 2.24) is 0 Å². The highest BCUT2D eigenvalue weighted by Crippen LogP contribution is 2.24. The number of carboxylic acids is 1. The molecule has 92 valence electrons. The summed E-state index contributed by atoms with van der Waals surface area (Å²) in [4.78, 5) is 21.3. The molecule has 0 aliphatic heterocycles. The van der Waals surface area contributed by atoms with Crippen LogP contribution in [0.5, 0.6) is 5.75 Å². The molecular weight excluding hydrogens is 222 g/mol. The predicted molar refractivity (Wildman–Crippen MR) is 62.2 cm³/mol. The van der Waals surface area contributed by atoms with Gasteiger partial charge in [-0.3, -0.25) is 9.59 Å². The zero-order chi connectivity index (χ0) is 12.8. The van der Waals surface area contributed by atoms with Crippen molar-refractivity contribution in [3.8, 4) is 5.75 Å². The lowest BCUT2D eigenvalue weighted by Crippen LogP contribution is -2.14. The number of ether oxygens (including phenoxy) is 1. The molecule has 3 N–H and O–H groups in total. The highest BCUT2D eigenvalue weighted by atomic mass is 16.5. The maximum absolute atomic E-state index is 10.9. The van der Waals surface area contributed by atoms with Crippen molar-refractivity contribution in [1.29, 1.82) is 0 Å². The van der Waals surface area contributed by atoms with E-state index in [-0.39, 0.29) is 12.8 Å². The first-order valence-corrected chi connectivity index (χ1v) is 5.19. The molecule has 5 heteroatoms. The zero-order valence-electron chi connectivity index (χ0n) is 9.55. The van der Waals surface area contributed by atoms with E-state index in [2.05, 4.69) is 0 Å². The monoisotopic (exact) mass is 237 g/mol. The second-order valence-electron chi connectivity index (χ2n) is 3.65. The number of benzene rings is 1. The molecule has 17 heavy (non-hydrogen) atoms. The lowest BCUT2D eigenvalue weighted by atomic mass is 9.98. The van der Waals surface area contributed by atoms with Crippen molar-refractivity contribution in [2.24, 2.45) is 5.73 Å². The van der Waals surface area contributed by atoms with Crippen LogP contribution in [0, 0.1) is 0 Å². The lowest BCUT2D eigenvalue weighted by Gasteiger charge is -2.14. The Bertz CT molecular complexity index is 417. The Hall–Kier alpha value is -1.88. The number of methoxy groups -OCH3 is 1. The van der Waals surface area contributed by atoms with Crippen molar-refractivity contribution in [2.45, 2.75) is 18.9 Å². The molecule has 0 fully saturated rings. The van der Waals surface area contributed by atoms with Crippen LogP contribution in [-0.4, -0.2) is 24.5 Å². The van der Waals surface area contributed by atoms with Crippen LogP contribution >= 0.6 is 0 Å². The maximum Gasteiger partial charge on any atom is 0.303 e. The number of rotatable bonds is 6. The summed E-state index contributed by atoms with van der Waals surface area (Å²) in [5, 5.41) is 8.59. The average molecular weight is 237 g/mol. The van der Waals surface area contributed by atoms with Crippen molar-refractivity contribution >= 4 is 12.3 Å². The molecular formula is C12H15NO4. The quantitative estimate of drug-likeness (QED) is 0.729. The molecule has 1 aromatic rings. The van der Waals surface area contributed by atoms with Crippen LogP contribution in [0.15, 0.2) is 18.2 Å². The van der Waals surface area contributed by atoms with Crippen LogP contribution in [-0.2, 0) is 4.79 Å². The predicted octanol–water partition coefficient (Wildman–Crippen LogP) is 1.37. The Morgan fingerprint density at radius 3 is 2.82 bits per heavy atom. The van der Waals surface area contributed by atoms with Gasteiger partial charge in [0, 0.05) is 18.0 Å². The first-order valence-electron chi connectivity index (χ1n) is 5.19. The first-order chi connectivity index (χ1) is 8.08. The molecule has 1 unspecified atom stereocenters. The Kier molecular flexibility index (Phi) is 4.66. The van der Waals surface area contributed by atoms with E-state index < -0.39 is 12.0 Å². The van der Waals surface area contributed by atoms with Gasteiger partial charge >= 0.3 is 5.97 Å². The van der Waals surface area contributed by atoms with E-state index in [1.165, 1.54) is 7.11 Å². The fourth-order valence-corrected chi connectivity index (χ4v) is 1.54. The van der Waals surface area contributed by atoms with Gasteiger partial charge in [-0.25, -0.2) is 0 Å². The lowest BCUT2D eigenvalue weighted by molar-refractivity contribution is -0.137. The van der Waals surface area contributed by atoms with Gasteiger partial charge in [0.15, 0.2) is 0 Å². The second-order valence-corrected chi connectivity index (χ2v) is 3.65. The number of aliphatic carboxylic acids is 1. The van der Waals surface area contributed by atoms with E-state index in [1.54, 1.807) is 18.2 Å². The summed E-state index contributed by atoms with van der Waals surface area (Å²) < 4.78 is 5.04. The van der Waals surface area contributed by atoms with Crippen LogP contribution < -0.4 is 10.5 Å². The minimum atomic E-state index is -0.906. The molecule has 0 aromatic heterocycles. The van der Waals surface area contributed by atoms with Crippen LogP contribution in [0.2, 0.25) is 0 Å². The van der Waals surface area contributed by atoms with Crippen LogP contribution in [0.25, 0.3) is 0 Å². The average Bonchev–Trinajstić information content (AvgIpc) is 2.34. The molecule has 0 amide bonds. The Balaban J connectivity index is 2.92. The van der Waals surface area contributed by atoms with Gasteiger partial charge in [0.05, 0.1) is 7.11 Å². The summed E-state index contributed by atoms with van der Waals surface area (Å²) >= 11 is 0. The van der Waals surface area contributed by atoms with Gasteiger partial charge in [-0.05, 0) is 30.2 Å². The van der Waals surface area contributed by atoms with E-state index in [4.69, 9.17) is 15.6 Å². The first kappa shape index (κ1) is 13.2. The normalized spacial score (nSPS) is 11.9. The van der Waals surface area contributed by atoms with Crippen LogP contribution in [0.4, 0.5) is 0 Å².